The van der Waals surface area contributed by atoms with Gasteiger partial charge < -0.3 is 4.42 Å². The van der Waals surface area contributed by atoms with Crippen molar-refractivity contribution in [2.45, 2.75) is 6.92 Å². The van der Waals surface area contributed by atoms with Crippen LogP contribution in [0, 0.1) is 6.92 Å². The van der Waals surface area contributed by atoms with Crippen molar-refractivity contribution in [3.8, 4) is 11.3 Å². The Balaban J connectivity index is 2.55. The molecule has 60 valence electrons. The molecule has 2 heteroatoms. The minimum atomic E-state index is 0.827. The van der Waals surface area contributed by atoms with Crippen molar-refractivity contribution in [3.05, 3.63) is 42.4 Å². The molecule has 1 aromatic heterocycles. The second-order valence-electron chi connectivity index (χ2n) is 2.68. The highest BCUT2D eigenvalue weighted by Crippen LogP contribution is 2.21. The van der Waals surface area contributed by atoms with Crippen LogP contribution in [-0.4, -0.2) is 4.98 Å². The zero-order chi connectivity index (χ0) is 8.39. The third-order valence-electron chi connectivity index (χ3n) is 1.84. The smallest absolute Gasteiger partial charge is 0.181 e. The van der Waals surface area contributed by atoms with Gasteiger partial charge in [0, 0.05) is 5.56 Å². The molecular formula is C10H9NO. The molecule has 0 amide bonds. The zero-order valence-electron chi connectivity index (χ0n) is 6.82. The van der Waals surface area contributed by atoms with Gasteiger partial charge in [-0.05, 0) is 12.5 Å². The van der Waals surface area contributed by atoms with Crippen LogP contribution in [0.25, 0.3) is 11.3 Å². The lowest BCUT2D eigenvalue weighted by Gasteiger charge is -1.98. The second kappa shape index (κ2) is 2.81. The highest BCUT2D eigenvalue weighted by molar-refractivity contribution is 5.60. The maximum absolute atomic E-state index is 5.19. The Bertz CT molecular complexity index is 365. The minimum absolute atomic E-state index is 0.827. The summed E-state index contributed by atoms with van der Waals surface area (Å²) in [6, 6.07) is 8.08. The summed E-state index contributed by atoms with van der Waals surface area (Å²) >= 11 is 0. The van der Waals surface area contributed by atoms with E-state index < -0.39 is 0 Å². The fourth-order valence-corrected chi connectivity index (χ4v) is 1.20. The monoisotopic (exact) mass is 159 g/mol. The number of nitrogens with zero attached hydrogens (tertiary/aromatic N) is 1. The van der Waals surface area contributed by atoms with Crippen molar-refractivity contribution in [2.75, 3.05) is 0 Å². The number of hydrogen-bond donors (Lipinski definition) is 0. The van der Waals surface area contributed by atoms with Gasteiger partial charge in [-0.2, -0.15) is 0 Å². The standard InChI is InChI=1S/C10H9NO/c1-8-4-2-3-5-9(8)10-6-11-7-12-10/h2-7H,1H3. The first-order chi connectivity index (χ1) is 5.88. The summed E-state index contributed by atoms with van der Waals surface area (Å²) in [4.78, 5) is 3.87. The molecule has 0 atom stereocenters. The molecule has 0 bridgehead atoms. The lowest BCUT2D eigenvalue weighted by molar-refractivity contribution is 0.571. The number of aromatic nitrogens is 1. The van der Waals surface area contributed by atoms with Crippen molar-refractivity contribution >= 4 is 0 Å². The first-order valence-electron chi connectivity index (χ1n) is 3.82. The van der Waals surface area contributed by atoms with Crippen LogP contribution in [0.1, 0.15) is 5.56 Å². The average molecular weight is 159 g/mol. The molecule has 0 unspecified atom stereocenters. The normalized spacial score (nSPS) is 10.1. The largest absolute Gasteiger partial charge is 0.444 e. The van der Waals surface area contributed by atoms with E-state index in [-0.39, 0.29) is 0 Å². The molecule has 0 saturated carbocycles. The fraction of sp³-hybridized carbons (Fsp3) is 0.100. The SMILES string of the molecule is Cc1ccccc1-c1cnco1. The van der Waals surface area contributed by atoms with E-state index in [4.69, 9.17) is 4.42 Å². The van der Waals surface area contributed by atoms with Crippen LogP contribution in [0.15, 0.2) is 41.3 Å². The molecule has 1 aromatic carbocycles. The van der Waals surface area contributed by atoms with Crippen LogP contribution in [0.5, 0.6) is 0 Å². The molecule has 0 aliphatic carbocycles. The number of benzene rings is 1. The Morgan fingerprint density at radius 1 is 1.25 bits per heavy atom. The van der Waals surface area contributed by atoms with E-state index in [9.17, 15) is 0 Å². The van der Waals surface area contributed by atoms with E-state index in [0.717, 1.165) is 11.3 Å². The van der Waals surface area contributed by atoms with Crippen molar-refractivity contribution in [3.63, 3.8) is 0 Å². The van der Waals surface area contributed by atoms with E-state index in [2.05, 4.69) is 18.0 Å². The van der Waals surface area contributed by atoms with Gasteiger partial charge in [0.05, 0.1) is 6.20 Å². The number of hydrogen-bond acceptors (Lipinski definition) is 2. The number of rotatable bonds is 1. The van der Waals surface area contributed by atoms with E-state index in [0.29, 0.717) is 0 Å². The van der Waals surface area contributed by atoms with E-state index >= 15 is 0 Å². The first kappa shape index (κ1) is 7.10. The topological polar surface area (TPSA) is 26.0 Å². The van der Waals surface area contributed by atoms with Gasteiger partial charge in [0.15, 0.2) is 12.2 Å². The summed E-state index contributed by atoms with van der Waals surface area (Å²) in [7, 11) is 0. The molecule has 2 rings (SSSR count). The van der Waals surface area contributed by atoms with E-state index in [1.165, 1.54) is 12.0 Å². The van der Waals surface area contributed by atoms with Gasteiger partial charge in [-0.1, -0.05) is 24.3 Å². The van der Waals surface area contributed by atoms with Gasteiger partial charge in [-0.3, -0.25) is 0 Å². The van der Waals surface area contributed by atoms with Gasteiger partial charge in [0.25, 0.3) is 0 Å². The quantitative estimate of drug-likeness (QED) is 0.639. The molecule has 1 heterocycles. The number of aryl methyl sites for hydroxylation is 1. The molecular weight excluding hydrogens is 150 g/mol. The molecule has 2 nitrogen and oxygen atoms in total. The molecule has 0 spiro atoms. The molecule has 0 fully saturated rings. The Morgan fingerprint density at radius 3 is 2.75 bits per heavy atom. The van der Waals surface area contributed by atoms with Gasteiger partial charge in [0.1, 0.15) is 0 Å². The summed E-state index contributed by atoms with van der Waals surface area (Å²) in [5.74, 6) is 0.827. The summed E-state index contributed by atoms with van der Waals surface area (Å²) in [5.41, 5.74) is 2.31. The molecule has 0 N–H and O–H groups in total. The highest BCUT2D eigenvalue weighted by Gasteiger charge is 2.02. The molecule has 0 aliphatic heterocycles. The predicted molar refractivity (Wildman–Crippen MR) is 46.7 cm³/mol. The maximum Gasteiger partial charge on any atom is 0.181 e. The van der Waals surface area contributed by atoms with E-state index in [1.807, 2.05) is 18.2 Å². The minimum Gasteiger partial charge on any atom is -0.444 e. The van der Waals surface area contributed by atoms with Crippen LogP contribution >= 0.6 is 0 Å². The van der Waals surface area contributed by atoms with Crippen molar-refractivity contribution in [1.29, 1.82) is 0 Å². The van der Waals surface area contributed by atoms with Crippen molar-refractivity contribution in [2.24, 2.45) is 0 Å². The second-order valence-corrected chi connectivity index (χ2v) is 2.68. The third-order valence-corrected chi connectivity index (χ3v) is 1.84. The lowest BCUT2D eigenvalue weighted by atomic mass is 10.1. The lowest BCUT2D eigenvalue weighted by Crippen LogP contribution is -1.78. The van der Waals surface area contributed by atoms with Crippen molar-refractivity contribution < 1.29 is 4.42 Å². The van der Waals surface area contributed by atoms with Gasteiger partial charge >= 0.3 is 0 Å². The van der Waals surface area contributed by atoms with Gasteiger partial charge in [-0.15, -0.1) is 0 Å². The van der Waals surface area contributed by atoms with Crippen LogP contribution in [0.4, 0.5) is 0 Å². The van der Waals surface area contributed by atoms with Crippen LogP contribution in [0.2, 0.25) is 0 Å². The Labute approximate surface area is 70.9 Å². The molecule has 0 aliphatic rings. The molecule has 2 aromatic rings. The predicted octanol–water partition coefficient (Wildman–Crippen LogP) is 2.65. The third kappa shape index (κ3) is 1.11. The fourth-order valence-electron chi connectivity index (χ4n) is 1.20. The summed E-state index contributed by atoms with van der Waals surface area (Å²) in [5, 5.41) is 0. The molecule has 0 radical (unpaired) electrons. The summed E-state index contributed by atoms with van der Waals surface area (Å²) < 4.78 is 5.19. The number of oxazole rings is 1. The Hall–Kier alpha value is -1.57. The summed E-state index contributed by atoms with van der Waals surface area (Å²) in [6.45, 7) is 2.05. The van der Waals surface area contributed by atoms with Crippen molar-refractivity contribution in [1.82, 2.24) is 4.98 Å². The Kier molecular flexibility index (Phi) is 1.67. The zero-order valence-corrected chi connectivity index (χ0v) is 6.82. The Morgan fingerprint density at radius 2 is 2.08 bits per heavy atom. The van der Waals surface area contributed by atoms with Crippen LogP contribution in [-0.2, 0) is 0 Å². The van der Waals surface area contributed by atoms with Crippen LogP contribution in [0.3, 0.4) is 0 Å². The van der Waals surface area contributed by atoms with Gasteiger partial charge in [0.2, 0.25) is 0 Å². The molecule has 0 saturated heterocycles. The van der Waals surface area contributed by atoms with Gasteiger partial charge in [-0.25, -0.2) is 4.98 Å². The molecule has 12 heavy (non-hydrogen) atoms. The maximum atomic E-state index is 5.19. The first-order valence-corrected chi connectivity index (χ1v) is 3.82. The highest BCUT2D eigenvalue weighted by atomic mass is 16.3. The van der Waals surface area contributed by atoms with Crippen LogP contribution < -0.4 is 0 Å². The summed E-state index contributed by atoms with van der Waals surface area (Å²) in [6.07, 6.45) is 3.17. The average Bonchev–Trinajstić information content (AvgIpc) is 2.57. The van der Waals surface area contributed by atoms with E-state index in [1.54, 1.807) is 6.20 Å².